The molecule has 0 aliphatic carbocycles. The molecule has 90 valence electrons. The molecule has 0 aliphatic rings. The summed E-state index contributed by atoms with van der Waals surface area (Å²) in [7, 11) is 1.58. The van der Waals surface area contributed by atoms with E-state index in [-0.39, 0.29) is 5.43 Å². The molecule has 0 unspecified atom stereocenters. The van der Waals surface area contributed by atoms with Crippen molar-refractivity contribution >= 4 is 27.5 Å². The van der Waals surface area contributed by atoms with Gasteiger partial charge in [0, 0.05) is 22.0 Å². The Morgan fingerprint density at radius 1 is 1.06 bits per heavy atom. The van der Waals surface area contributed by atoms with Gasteiger partial charge in [-0.05, 0) is 36.4 Å². The third-order valence-electron chi connectivity index (χ3n) is 3.03. The zero-order chi connectivity index (χ0) is 12.7. The van der Waals surface area contributed by atoms with E-state index in [1.165, 1.54) is 0 Å². The van der Waals surface area contributed by atoms with Crippen LogP contribution in [0.15, 0.2) is 41.2 Å². The molecule has 0 fully saturated rings. The summed E-state index contributed by atoms with van der Waals surface area (Å²) in [5.41, 5.74) is 7.83. The molecule has 0 radical (unpaired) electrons. The van der Waals surface area contributed by atoms with E-state index in [0.717, 1.165) is 11.0 Å². The maximum absolute atomic E-state index is 12.4. The SMILES string of the molecule is COc1ccc2[nH]c3ccc(N)cc3c(=O)c2c1. The van der Waals surface area contributed by atoms with Crippen molar-refractivity contribution in [1.82, 2.24) is 4.98 Å². The highest BCUT2D eigenvalue weighted by atomic mass is 16.5. The second-order valence-electron chi connectivity index (χ2n) is 4.17. The van der Waals surface area contributed by atoms with Crippen LogP contribution >= 0.6 is 0 Å². The van der Waals surface area contributed by atoms with E-state index in [1.54, 1.807) is 25.3 Å². The first-order valence-electron chi connectivity index (χ1n) is 5.58. The molecule has 0 amide bonds. The number of benzene rings is 2. The number of nitrogens with one attached hydrogen (secondary N) is 1. The average Bonchev–Trinajstić information content (AvgIpc) is 2.40. The van der Waals surface area contributed by atoms with Gasteiger partial charge in [-0.3, -0.25) is 4.79 Å². The first-order valence-corrected chi connectivity index (χ1v) is 5.58. The summed E-state index contributed by atoms with van der Waals surface area (Å²) in [6.07, 6.45) is 0. The Bertz CT molecular complexity index is 806. The number of nitrogen functional groups attached to an aromatic ring is 1. The fourth-order valence-corrected chi connectivity index (χ4v) is 2.10. The summed E-state index contributed by atoms with van der Waals surface area (Å²) in [5.74, 6) is 0.663. The van der Waals surface area contributed by atoms with Gasteiger partial charge in [0.25, 0.3) is 0 Å². The van der Waals surface area contributed by atoms with Crippen LogP contribution < -0.4 is 15.9 Å². The molecule has 0 saturated carbocycles. The molecule has 4 heteroatoms. The van der Waals surface area contributed by atoms with Gasteiger partial charge in [0.1, 0.15) is 5.75 Å². The Kier molecular flexibility index (Phi) is 2.23. The summed E-state index contributed by atoms with van der Waals surface area (Å²) in [5, 5.41) is 1.20. The van der Waals surface area contributed by atoms with Gasteiger partial charge in [-0.1, -0.05) is 0 Å². The molecule has 0 saturated heterocycles. The minimum absolute atomic E-state index is 0.0371. The van der Waals surface area contributed by atoms with Gasteiger partial charge in [0.2, 0.25) is 0 Å². The third kappa shape index (κ3) is 1.50. The lowest BCUT2D eigenvalue weighted by molar-refractivity contribution is 0.415. The topological polar surface area (TPSA) is 68.1 Å². The number of ether oxygens (including phenoxy) is 1. The standard InChI is InChI=1S/C14H12N2O2/c1-18-9-3-5-13-11(7-9)14(17)10-6-8(15)2-4-12(10)16-13/h2-7H,15H2,1H3,(H,16,17). The van der Waals surface area contributed by atoms with E-state index < -0.39 is 0 Å². The van der Waals surface area contributed by atoms with Crippen molar-refractivity contribution in [3.8, 4) is 5.75 Å². The number of fused-ring (bicyclic) bond motifs is 2. The highest BCUT2D eigenvalue weighted by molar-refractivity contribution is 5.94. The Morgan fingerprint density at radius 3 is 2.44 bits per heavy atom. The van der Waals surface area contributed by atoms with Crippen LogP contribution in [-0.4, -0.2) is 12.1 Å². The maximum atomic E-state index is 12.4. The van der Waals surface area contributed by atoms with Gasteiger partial charge in [-0.2, -0.15) is 0 Å². The summed E-state index contributed by atoms with van der Waals surface area (Å²) in [4.78, 5) is 15.6. The van der Waals surface area contributed by atoms with E-state index in [9.17, 15) is 4.79 Å². The van der Waals surface area contributed by atoms with Crippen LogP contribution in [0.25, 0.3) is 21.8 Å². The molecular weight excluding hydrogens is 228 g/mol. The molecule has 4 nitrogen and oxygen atoms in total. The average molecular weight is 240 g/mol. The molecule has 3 rings (SSSR count). The normalized spacial score (nSPS) is 10.9. The molecule has 3 aromatic rings. The van der Waals surface area contributed by atoms with Crippen LogP contribution in [0.1, 0.15) is 0 Å². The van der Waals surface area contributed by atoms with Crippen molar-refractivity contribution in [3.05, 3.63) is 46.6 Å². The van der Waals surface area contributed by atoms with Crippen LogP contribution in [0.3, 0.4) is 0 Å². The number of hydrogen-bond acceptors (Lipinski definition) is 3. The fourth-order valence-electron chi connectivity index (χ4n) is 2.10. The summed E-state index contributed by atoms with van der Waals surface area (Å²) in [6.45, 7) is 0. The van der Waals surface area contributed by atoms with Gasteiger partial charge >= 0.3 is 0 Å². The van der Waals surface area contributed by atoms with Gasteiger partial charge in [-0.15, -0.1) is 0 Å². The Morgan fingerprint density at radius 2 is 1.72 bits per heavy atom. The quantitative estimate of drug-likeness (QED) is 0.506. The van der Waals surface area contributed by atoms with Gasteiger partial charge in [-0.25, -0.2) is 0 Å². The second-order valence-corrected chi connectivity index (χ2v) is 4.17. The molecule has 0 aliphatic heterocycles. The zero-order valence-electron chi connectivity index (χ0n) is 9.86. The molecule has 0 spiro atoms. The van der Waals surface area contributed by atoms with Crippen LogP contribution in [0.4, 0.5) is 5.69 Å². The van der Waals surface area contributed by atoms with Crippen LogP contribution in [0.2, 0.25) is 0 Å². The number of nitrogens with two attached hydrogens (primary N) is 1. The van der Waals surface area contributed by atoms with Gasteiger partial charge in [0.05, 0.1) is 12.6 Å². The summed E-state index contributed by atoms with van der Waals surface area (Å²) < 4.78 is 5.14. The van der Waals surface area contributed by atoms with Crippen LogP contribution in [0, 0.1) is 0 Å². The minimum Gasteiger partial charge on any atom is -0.497 e. The minimum atomic E-state index is -0.0371. The van der Waals surface area contributed by atoms with Crippen molar-refractivity contribution in [1.29, 1.82) is 0 Å². The molecule has 1 heterocycles. The van der Waals surface area contributed by atoms with Crippen LogP contribution in [0.5, 0.6) is 5.75 Å². The number of rotatable bonds is 1. The monoisotopic (exact) mass is 240 g/mol. The van der Waals surface area contributed by atoms with Gasteiger partial charge < -0.3 is 15.5 Å². The number of hydrogen-bond donors (Lipinski definition) is 2. The first kappa shape index (κ1) is 10.7. The fraction of sp³-hybridized carbons (Fsp3) is 0.0714. The van der Waals surface area contributed by atoms with Crippen molar-refractivity contribution in [2.45, 2.75) is 0 Å². The Labute approximate surface area is 103 Å². The number of H-pyrrole nitrogens is 1. The molecule has 0 atom stereocenters. The van der Waals surface area contributed by atoms with Crippen molar-refractivity contribution in [3.63, 3.8) is 0 Å². The smallest absolute Gasteiger partial charge is 0.197 e. The number of aromatic nitrogens is 1. The molecule has 18 heavy (non-hydrogen) atoms. The highest BCUT2D eigenvalue weighted by Crippen LogP contribution is 2.20. The number of aromatic amines is 1. The predicted molar refractivity (Wildman–Crippen MR) is 73.0 cm³/mol. The van der Waals surface area contributed by atoms with E-state index in [1.807, 2.05) is 18.2 Å². The first-order chi connectivity index (χ1) is 8.69. The lowest BCUT2D eigenvalue weighted by Crippen LogP contribution is -2.05. The summed E-state index contributed by atoms with van der Waals surface area (Å²) in [6, 6.07) is 10.7. The van der Waals surface area contributed by atoms with E-state index in [4.69, 9.17) is 10.5 Å². The number of methoxy groups -OCH3 is 1. The molecular formula is C14H12N2O2. The third-order valence-corrected chi connectivity index (χ3v) is 3.03. The summed E-state index contributed by atoms with van der Waals surface area (Å²) >= 11 is 0. The second kappa shape index (κ2) is 3.77. The molecule has 2 aromatic carbocycles. The molecule has 1 aromatic heterocycles. The Balaban J connectivity index is 2.49. The van der Waals surface area contributed by atoms with Crippen molar-refractivity contribution < 1.29 is 4.74 Å². The lowest BCUT2D eigenvalue weighted by Gasteiger charge is -2.05. The van der Waals surface area contributed by atoms with E-state index >= 15 is 0 Å². The predicted octanol–water partition coefficient (Wildman–Crippen LogP) is 2.27. The maximum Gasteiger partial charge on any atom is 0.197 e. The molecule has 0 bridgehead atoms. The van der Waals surface area contributed by atoms with Crippen molar-refractivity contribution in [2.24, 2.45) is 0 Å². The largest absolute Gasteiger partial charge is 0.497 e. The number of pyridine rings is 1. The lowest BCUT2D eigenvalue weighted by atomic mass is 10.1. The Hall–Kier alpha value is -2.49. The van der Waals surface area contributed by atoms with Crippen LogP contribution in [-0.2, 0) is 0 Å². The van der Waals surface area contributed by atoms with E-state index in [0.29, 0.717) is 22.2 Å². The zero-order valence-corrected chi connectivity index (χ0v) is 9.86. The van der Waals surface area contributed by atoms with Crippen molar-refractivity contribution in [2.75, 3.05) is 12.8 Å². The number of anilines is 1. The van der Waals surface area contributed by atoms with E-state index in [2.05, 4.69) is 4.98 Å². The molecule has 3 N–H and O–H groups in total. The highest BCUT2D eigenvalue weighted by Gasteiger charge is 2.06. The van der Waals surface area contributed by atoms with Gasteiger partial charge in [0.15, 0.2) is 5.43 Å².